The minimum atomic E-state index is -0.288. The van der Waals surface area contributed by atoms with Crippen molar-refractivity contribution >= 4 is 11.8 Å². The van der Waals surface area contributed by atoms with Crippen LogP contribution in [0.15, 0.2) is 72.8 Å². The summed E-state index contributed by atoms with van der Waals surface area (Å²) in [6, 6.07) is 24.3. The number of fused-ring (bicyclic) bond motifs is 3. The Bertz CT molecular complexity index is 1260. The molecule has 1 fully saturated rings. The van der Waals surface area contributed by atoms with Crippen LogP contribution in [-0.2, 0) is 11.2 Å². The number of hydrazine groups is 1. The lowest BCUT2D eigenvalue weighted by molar-refractivity contribution is -0.148. The van der Waals surface area contributed by atoms with E-state index in [9.17, 15) is 9.59 Å². The number of amides is 2. The predicted octanol–water partition coefficient (Wildman–Crippen LogP) is 5.80. The molecule has 0 radical (unpaired) electrons. The summed E-state index contributed by atoms with van der Waals surface area (Å²) in [7, 11) is 0. The van der Waals surface area contributed by atoms with E-state index in [0.29, 0.717) is 18.7 Å². The van der Waals surface area contributed by atoms with Gasteiger partial charge in [0.15, 0.2) is 0 Å². The molecule has 3 aromatic rings. The van der Waals surface area contributed by atoms with Gasteiger partial charge in [0.1, 0.15) is 0 Å². The largest absolute Gasteiger partial charge is 0.348 e. The van der Waals surface area contributed by atoms with Gasteiger partial charge in [-0.2, -0.15) is 0 Å². The van der Waals surface area contributed by atoms with E-state index < -0.39 is 0 Å². The van der Waals surface area contributed by atoms with Crippen molar-refractivity contribution in [1.82, 2.24) is 15.3 Å². The molecule has 2 amide bonds. The molecule has 0 bridgehead atoms. The summed E-state index contributed by atoms with van der Waals surface area (Å²) < 4.78 is 0. The molecular weight excluding hydrogens is 458 g/mol. The van der Waals surface area contributed by atoms with Crippen molar-refractivity contribution in [2.75, 3.05) is 19.6 Å². The quantitative estimate of drug-likeness (QED) is 0.408. The second-order valence-electron chi connectivity index (χ2n) is 10.2. The first-order valence-electron chi connectivity index (χ1n) is 13.8. The molecule has 2 unspecified atom stereocenters. The van der Waals surface area contributed by atoms with Crippen molar-refractivity contribution in [3.63, 3.8) is 0 Å². The molecule has 2 atom stereocenters. The summed E-state index contributed by atoms with van der Waals surface area (Å²) in [5, 5.41) is 7.31. The fourth-order valence-electron chi connectivity index (χ4n) is 5.87. The summed E-state index contributed by atoms with van der Waals surface area (Å²) >= 11 is 0. The van der Waals surface area contributed by atoms with Gasteiger partial charge in [-0.25, -0.2) is 5.01 Å². The molecule has 192 valence electrons. The van der Waals surface area contributed by atoms with E-state index in [1.54, 1.807) is 0 Å². The fraction of sp³-hybridized carbons (Fsp3) is 0.375. The minimum absolute atomic E-state index is 0.0168. The van der Waals surface area contributed by atoms with Gasteiger partial charge >= 0.3 is 0 Å². The molecule has 0 saturated carbocycles. The molecule has 5 nitrogen and oxygen atoms in total. The highest BCUT2D eigenvalue weighted by molar-refractivity contribution is 5.97. The van der Waals surface area contributed by atoms with E-state index in [1.165, 1.54) is 22.3 Å². The Morgan fingerprint density at radius 3 is 2.46 bits per heavy atom. The van der Waals surface area contributed by atoms with Crippen LogP contribution in [0.25, 0.3) is 11.1 Å². The molecule has 5 heteroatoms. The molecule has 3 aromatic carbocycles. The molecule has 1 aliphatic carbocycles. The third-order valence-electron chi connectivity index (χ3n) is 7.66. The lowest BCUT2D eigenvalue weighted by atomic mass is 9.90. The van der Waals surface area contributed by atoms with Gasteiger partial charge in [0, 0.05) is 31.2 Å². The van der Waals surface area contributed by atoms with Crippen molar-refractivity contribution in [2.45, 2.75) is 57.9 Å². The number of carbonyl (C=O) groups is 2. The van der Waals surface area contributed by atoms with E-state index in [2.05, 4.69) is 60.6 Å². The van der Waals surface area contributed by atoms with Gasteiger partial charge < -0.3 is 5.32 Å². The first-order chi connectivity index (χ1) is 18.1. The molecule has 1 heterocycles. The van der Waals surface area contributed by atoms with Crippen molar-refractivity contribution in [3.8, 4) is 11.1 Å². The number of nitrogens with one attached hydrogen (secondary N) is 1. The Morgan fingerprint density at radius 2 is 1.68 bits per heavy atom. The van der Waals surface area contributed by atoms with E-state index in [4.69, 9.17) is 0 Å². The predicted molar refractivity (Wildman–Crippen MR) is 148 cm³/mol. The van der Waals surface area contributed by atoms with Gasteiger partial charge in [-0.05, 0) is 65.6 Å². The van der Waals surface area contributed by atoms with Gasteiger partial charge in [0.25, 0.3) is 5.91 Å². The standard InChI is InChI=1S/C32H37N3O2/c1-3-5-12-23-15-11-18-27-26-16-9-10-17-28(26)30(29(23)27)32(37)35(20-4-2)34-21-19-25(22-34)33-31(36)24-13-7-6-8-14-24/h6-11,13-18,25,30H,3-5,12,19-22H2,1-2H3,(H,33,36). The zero-order valence-electron chi connectivity index (χ0n) is 22.0. The monoisotopic (exact) mass is 495 g/mol. The Hall–Kier alpha value is -3.44. The van der Waals surface area contributed by atoms with Gasteiger partial charge in [-0.15, -0.1) is 0 Å². The zero-order valence-corrected chi connectivity index (χ0v) is 22.0. The molecule has 5 rings (SSSR count). The van der Waals surface area contributed by atoms with Crippen LogP contribution >= 0.6 is 0 Å². The van der Waals surface area contributed by atoms with E-state index >= 15 is 0 Å². The van der Waals surface area contributed by atoms with Crippen LogP contribution < -0.4 is 5.32 Å². The van der Waals surface area contributed by atoms with Crippen molar-refractivity contribution in [2.24, 2.45) is 0 Å². The highest BCUT2D eigenvalue weighted by Crippen LogP contribution is 2.47. The third-order valence-corrected chi connectivity index (χ3v) is 7.66. The molecular formula is C32H37N3O2. The summed E-state index contributed by atoms with van der Waals surface area (Å²) in [6.07, 6.45) is 4.93. The maximum atomic E-state index is 14.4. The van der Waals surface area contributed by atoms with Gasteiger partial charge in [0.2, 0.25) is 5.91 Å². The minimum Gasteiger partial charge on any atom is -0.348 e. The lowest BCUT2D eigenvalue weighted by Crippen LogP contribution is -2.49. The average molecular weight is 496 g/mol. The Morgan fingerprint density at radius 1 is 0.919 bits per heavy atom. The number of benzene rings is 3. The number of carbonyl (C=O) groups excluding carboxylic acids is 2. The number of unbranched alkanes of at least 4 members (excludes halogenated alkanes) is 1. The van der Waals surface area contributed by atoms with E-state index in [0.717, 1.165) is 44.2 Å². The molecule has 1 aliphatic heterocycles. The maximum absolute atomic E-state index is 14.4. The SMILES string of the molecule is CCCCc1cccc2c1C(C(=O)N(CCC)N1CCC(NC(=O)c3ccccc3)C1)c1ccccc1-2. The second kappa shape index (κ2) is 11.3. The maximum Gasteiger partial charge on any atom is 0.251 e. The highest BCUT2D eigenvalue weighted by Gasteiger charge is 2.40. The number of nitrogens with zero attached hydrogens (tertiary/aromatic N) is 2. The number of hydrogen-bond donors (Lipinski definition) is 1. The smallest absolute Gasteiger partial charge is 0.251 e. The summed E-state index contributed by atoms with van der Waals surface area (Å²) in [5.74, 6) is -0.198. The Kier molecular flexibility index (Phi) is 7.71. The van der Waals surface area contributed by atoms with Crippen LogP contribution in [0.1, 0.15) is 72.5 Å². The Balaban J connectivity index is 1.40. The van der Waals surface area contributed by atoms with Gasteiger partial charge in [0.05, 0.1) is 5.92 Å². The number of aryl methyl sites for hydroxylation is 1. The topological polar surface area (TPSA) is 52.7 Å². The highest BCUT2D eigenvalue weighted by atomic mass is 16.2. The molecule has 2 aliphatic rings. The van der Waals surface area contributed by atoms with E-state index in [-0.39, 0.29) is 23.8 Å². The summed E-state index contributed by atoms with van der Waals surface area (Å²) in [4.78, 5) is 27.2. The first-order valence-corrected chi connectivity index (χ1v) is 13.8. The number of hydrogen-bond acceptors (Lipinski definition) is 3. The fourth-order valence-corrected chi connectivity index (χ4v) is 5.87. The third kappa shape index (κ3) is 5.05. The first kappa shape index (κ1) is 25.2. The van der Waals surface area contributed by atoms with Crippen LogP contribution in [-0.4, -0.2) is 47.5 Å². The molecule has 1 saturated heterocycles. The summed E-state index contributed by atoms with van der Waals surface area (Å²) in [6.45, 7) is 6.40. The van der Waals surface area contributed by atoms with E-state index in [1.807, 2.05) is 41.4 Å². The molecule has 0 spiro atoms. The van der Waals surface area contributed by atoms with Crippen LogP contribution in [0.5, 0.6) is 0 Å². The van der Waals surface area contributed by atoms with Crippen molar-refractivity contribution in [1.29, 1.82) is 0 Å². The van der Waals surface area contributed by atoms with Crippen molar-refractivity contribution < 1.29 is 9.59 Å². The van der Waals surface area contributed by atoms with Crippen LogP contribution in [0.3, 0.4) is 0 Å². The second-order valence-corrected chi connectivity index (χ2v) is 10.2. The van der Waals surface area contributed by atoms with Crippen LogP contribution in [0.2, 0.25) is 0 Å². The van der Waals surface area contributed by atoms with Crippen LogP contribution in [0.4, 0.5) is 0 Å². The van der Waals surface area contributed by atoms with Crippen molar-refractivity contribution in [3.05, 3.63) is 95.1 Å². The zero-order chi connectivity index (χ0) is 25.8. The van der Waals surface area contributed by atoms with Gasteiger partial charge in [-0.3, -0.25) is 14.6 Å². The number of rotatable bonds is 9. The Labute approximate surface area is 220 Å². The van der Waals surface area contributed by atoms with Gasteiger partial charge in [-0.1, -0.05) is 80.9 Å². The molecule has 1 N–H and O–H groups in total. The summed E-state index contributed by atoms with van der Waals surface area (Å²) in [5.41, 5.74) is 6.64. The average Bonchev–Trinajstić information content (AvgIpc) is 3.53. The van der Waals surface area contributed by atoms with Crippen LogP contribution in [0, 0.1) is 0 Å². The lowest BCUT2D eigenvalue weighted by Gasteiger charge is -2.34. The normalized spacial score (nSPS) is 18.3. The molecule has 0 aromatic heterocycles. The molecule has 37 heavy (non-hydrogen) atoms.